The Morgan fingerprint density at radius 1 is 1.21 bits per heavy atom. The Morgan fingerprint density at radius 3 is 2.72 bits per heavy atom. The molecule has 2 saturated carbocycles. The molecule has 39 heavy (non-hydrogen) atoms. The van der Waals surface area contributed by atoms with Gasteiger partial charge in [-0.15, -0.1) is 5.10 Å². The number of anilines is 2. The van der Waals surface area contributed by atoms with E-state index in [9.17, 15) is 11.0 Å². The summed E-state index contributed by atoms with van der Waals surface area (Å²) in [4.78, 5) is 4.50. The molecule has 2 aromatic carbocycles. The Morgan fingerprint density at radius 2 is 2.00 bits per heavy atom. The largest absolute Gasteiger partial charge is 0.380 e. The van der Waals surface area contributed by atoms with Gasteiger partial charge in [-0.05, 0) is 60.9 Å². The average Bonchev–Trinajstić information content (AvgIpc) is 3.65. The molecule has 2 atom stereocenters. The molecule has 2 aliphatic carbocycles. The van der Waals surface area contributed by atoms with Gasteiger partial charge in [-0.1, -0.05) is 55.6 Å². The molecule has 6 rings (SSSR count). The van der Waals surface area contributed by atoms with Gasteiger partial charge in [0.1, 0.15) is 17.6 Å². The van der Waals surface area contributed by atoms with Crippen LogP contribution in [0.2, 0.25) is 5.02 Å². The summed E-state index contributed by atoms with van der Waals surface area (Å²) in [5, 5.41) is 26.6. The molecule has 200 valence electrons. The molecule has 2 aromatic heterocycles. The summed E-state index contributed by atoms with van der Waals surface area (Å²) < 4.78 is 25.2. The van der Waals surface area contributed by atoms with Gasteiger partial charge < -0.3 is 10.6 Å². The van der Waals surface area contributed by atoms with Crippen molar-refractivity contribution in [2.24, 2.45) is 5.41 Å². The second kappa shape index (κ2) is 10.1. The molecule has 2 aliphatic rings. The third kappa shape index (κ3) is 5.16. The van der Waals surface area contributed by atoms with E-state index in [1.165, 1.54) is 18.6 Å². The number of fused-ring (bicyclic) bond motifs is 1. The highest BCUT2D eigenvalue weighted by atomic mass is 35.5. The summed E-state index contributed by atoms with van der Waals surface area (Å²) in [7, 11) is 0. The van der Waals surface area contributed by atoms with Crippen molar-refractivity contribution in [3.63, 3.8) is 0 Å². The van der Waals surface area contributed by atoms with Crippen LogP contribution in [-0.4, -0.2) is 26.0 Å². The van der Waals surface area contributed by atoms with E-state index in [1.54, 1.807) is 35.3 Å². The van der Waals surface area contributed by atoms with Crippen LogP contribution in [0, 0.1) is 22.6 Å². The van der Waals surface area contributed by atoms with Crippen molar-refractivity contribution < 1.29 is 5.76 Å². The average molecular weight is 545 g/mol. The van der Waals surface area contributed by atoms with Crippen LogP contribution in [0.4, 0.5) is 15.8 Å². The molecule has 0 spiro atoms. The van der Waals surface area contributed by atoms with E-state index >= 15 is 0 Å². The van der Waals surface area contributed by atoms with Gasteiger partial charge in [0.2, 0.25) is 0 Å². The number of nitrogens with one attached hydrogen (secondary N) is 2. The molecule has 0 amide bonds. The van der Waals surface area contributed by atoms with Crippen LogP contribution < -0.4 is 10.6 Å². The van der Waals surface area contributed by atoms with E-state index in [1.807, 2.05) is 6.07 Å². The molecular weight excluding hydrogens is 513 g/mol. The van der Waals surface area contributed by atoms with Crippen molar-refractivity contribution in [1.82, 2.24) is 20.0 Å². The summed E-state index contributed by atoms with van der Waals surface area (Å²) in [5.74, 6) is -0.391. The first-order chi connectivity index (χ1) is 19.2. The Hall–Kier alpha value is -3.70. The zero-order valence-electron chi connectivity index (χ0n) is 23.0. The van der Waals surface area contributed by atoms with Gasteiger partial charge in [0, 0.05) is 23.3 Å². The minimum absolute atomic E-state index is 0.0620. The lowest BCUT2D eigenvalue weighted by molar-refractivity contribution is 0.217. The van der Waals surface area contributed by atoms with Crippen LogP contribution in [0.3, 0.4) is 0 Å². The van der Waals surface area contributed by atoms with Gasteiger partial charge in [0.25, 0.3) is 0 Å². The molecule has 0 unspecified atom stereocenters. The van der Waals surface area contributed by atoms with Crippen LogP contribution in [-0.2, 0) is 0 Å². The summed E-state index contributed by atoms with van der Waals surface area (Å²) >= 11 is 6.77. The maximum absolute atomic E-state index is 13.8. The number of nitrogens with zero attached hydrogens (tertiary/aromatic N) is 5. The van der Waals surface area contributed by atoms with Gasteiger partial charge >= 0.3 is 0 Å². The topological polar surface area (TPSA) is 91.5 Å². The van der Waals surface area contributed by atoms with Gasteiger partial charge in [-0.25, -0.2) is 9.07 Å². The minimum Gasteiger partial charge on any atom is -0.380 e. The van der Waals surface area contributed by atoms with E-state index < -0.39 is 11.8 Å². The predicted octanol–water partition coefficient (Wildman–Crippen LogP) is 7.41. The maximum Gasteiger partial charge on any atom is 0.123 e. The van der Waals surface area contributed by atoms with Crippen molar-refractivity contribution in [1.29, 1.82) is 5.26 Å². The number of hydrogen-bond donors (Lipinski definition) is 2. The van der Waals surface area contributed by atoms with E-state index in [0.29, 0.717) is 50.2 Å². The summed E-state index contributed by atoms with van der Waals surface area (Å²) in [6, 6.07) is 10.6. The number of halogens is 2. The molecule has 2 heterocycles. The van der Waals surface area contributed by atoms with E-state index in [0.717, 1.165) is 32.1 Å². The SMILES string of the molecule is [2H][C@@](Nc1cc(Cl)c2ncc(C#N)c(N[C@@H]3CCCCC3(C)C)c2c1)(c1ccc(F)cc1)c1cn(C2CC2)nn1. The zero-order valence-corrected chi connectivity index (χ0v) is 22.8. The lowest BCUT2D eigenvalue weighted by atomic mass is 9.73. The first-order valence-corrected chi connectivity index (χ1v) is 13.8. The van der Waals surface area contributed by atoms with Crippen molar-refractivity contribution in [2.45, 2.75) is 70.5 Å². The highest BCUT2D eigenvalue weighted by Gasteiger charge is 2.33. The Kier molecular flexibility index (Phi) is 6.32. The van der Waals surface area contributed by atoms with E-state index in [-0.39, 0.29) is 11.5 Å². The standard InChI is InChI=1S/C30H31ClFN7/c1-30(2)12-4-3-5-26(30)36-27-19(15-33)16-34-29-23(27)13-21(14-24(29)31)35-28(18-6-8-20(32)9-7-18)25-17-39(38-37-25)22-10-11-22/h6-9,13-14,16-17,22,26,28,35H,3-5,10-12H2,1-2H3,(H,34,36)/t26-,28-/m1/s1/i28D. The first kappa shape index (κ1) is 24.3. The van der Waals surface area contributed by atoms with E-state index in [2.05, 4.69) is 45.8 Å². The van der Waals surface area contributed by atoms with Crippen molar-refractivity contribution in [2.75, 3.05) is 10.6 Å². The Bertz CT molecular complexity index is 1610. The van der Waals surface area contributed by atoms with Gasteiger partial charge in [-0.2, -0.15) is 5.26 Å². The van der Waals surface area contributed by atoms with Crippen molar-refractivity contribution in [3.8, 4) is 6.07 Å². The number of rotatable bonds is 7. The molecule has 7 nitrogen and oxygen atoms in total. The van der Waals surface area contributed by atoms with Crippen LogP contribution in [0.25, 0.3) is 10.9 Å². The van der Waals surface area contributed by atoms with Gasteiger partial charge in [-0.3, -0.25) is 4.98 Å². The monoisotopic (exact) mass is 544 g/mol. The number of nitriles is 1. The molecule has 2 N–H and O–H groups in total. The molecule has 2 fully saturated rings. The summed E-state index contributed by atoms with van der Waals surface area (Å²) in [5.41, 5.74) is 3.18. The van der Waals surface area contributed by atoms with E-state index in [4.69, 9.17) is 11.6 Å². The summed E-state index contributed by atoms with van der Waals surface area (Å²) in [6.45, 7) is 4.51. The predicted molar refractivity (Wildman–Crippen MR) is 151 cm³/mol. The Balaban J connectivity index is 1.45. The Labute approximate surface area is 233 Å². The van der Waals surface area contributed by atoms with Crippen LogP contribution in [0.1, 0.15) is 82.6 Å². The first-order valence-electron chi connectivity index (χ1n) is 13.9. The van der Waals surface area contributed by atoms with Crippen molar-refractivity contribution in [3.05, 3.63) is 76.5 Å². The third-order valence-electron chi connectivity index (χ3n) is 7.96. The number of aromatic nitrogens is 4. The quantitative estimate of drug-likeness (QED) is 0.252. The maximum atomic E-state index is 13.8. The fourth-order valence-corrected chi connectivity index (χ4v) is 5.73. The fraction of sp³-hybridized carbons (Fsp3) is 0.400. The lowest BCUT2D eigenvalue weighted by Gasteiger charge is -2.40. The molecule has 0 saturated heterocycles. The summed E-state index contributed by atoms with van der Waals surface area (Å²) in [6.07, 6.45) is 9.81. The number of benzene rings is 2. The number of hydrogen-bond acceptors (Lipinski definition) is 6. The zero-order chi connectivity index (χ0) is 28.1. The molecule has 4 aromatic rings. The van der Waals surface area contributed by atoms with Gasteiger partial charge in [0.15, 0.2) is 0 Å². The third-order valence-corrected chi connectivity index (χ3v) is 8.25. The number of pyridine rings is 1. The van der Waals surface area contributed by atoms with Crippen LogP contribution >= 0.6 is 11.6 Å². The highest BCUT2D eigenvalue weighted by molar-refractivity contribution is 6.35. The smallest absolute Gasteiger partial charge is 0.123 e. The fourth-order valence-electron chi connectivity index (χ4n) is 5.46. The highest BCUT2D eigenvalue weighted by Crippen LogP contribution is 2.41. The second-order valence-corrected chi connectivity index (χ2v) is 11.7. The molecular formula is C30H31ClFN7. The van der Waals surface area contributed by atoms with Gasteiger partial charge in [0.05, 0.1) is 41.4 Å². The molecule has 0 bridgehead atoms. The molecule has 0 radical (unpaired) electrons. The van der Waals surface area contributed by atoms with Crippen LogP contribution in [0.5, 0.6) is 0 Å². The van der Waals surface area contributed by atoms with Crippen molar-refractivity contribution >= 4 is 33.9 Å². The minimum atomic E-state index is -1.59. The molecule has 0 aliphatic heterocycles. The van der Waals surface area contributed by atoms with Crippen LogP contribution in [0.15, 0.2) is 48.8 Å². The normalized spacial score (nSPS) is 20.6. The molecule has 9 heteroatoms. The second-order valence-electron chi connectivity index (χ2n) is 11.3. The lowest BCUT2D eigenvalue weighted by Crippen LogP contribution is -2.39.